The monoisotopic (exact) mass is 416 g/mol. The molecule has 0 saturated carbocycles. The molecule has 0 spiro atoms. The van der Waals surface area contributed by atoms with E-state index < -0.39 is 16.0 Å². The first-order chi connectivity index (χ1) is 14.3. The number of fused-ring (bicyclic) bond motifs is 1. The first-order valence-corrected chi connectivity index (χ1v) is 10.5. The molecule has 0 atom stereocenters. The Kier molecular flexibility index (Phi) is 4.88. The van der Waals surface area contributed by atoms with Gasteiger partial charge in [0.05, 0.1) is 10.5 Å². The lowest BCUT2D eigenvalue weighted by molar-refractivity contribution is 0.0697. The maximum Gasteiger partial charge on any atom is 0.336 e. The van der Waals surface area contributed by atoms with Gasteiger partial charge in [0.15, 0.2) is 0 Å². The van der Waals surface area contributed by atoms with Gasteiger partial charge >= 0.3 is 5.97 Å². The molecule has 0 saturated heterocycles. The number of carboxylic acids is 1. The summed E-state index contributed by atoms with van der Waals surface area (Å²) in [5, 5.41) is 15.9. The first kappa shape index (κ1) is 19.5. The summed E-state index contributed by atoms with van der Waals surface area (Å²) in [7, 11) is -3.84. The third-order valence-corrected chi connectivity index (χ3v) is 5.55. The van der Waals surface area contributed by atoms with Crippen LogP contribution in [0.1, 0.15) is 21.5 Å². The SMILES string of the molecule is NS(=O)(=O)c1cccc(C#Cc2cccc(C(=O)O)c2-c2ccc3cc[nH]c3c2)c1. The minimum Gasteiger partial charge on any atom is -0.478 e. The van der Waals surface area contributed by atoms with E-state index in [0.717, 1.165) is 10.9 Å². The molecule has 0 aliphatic heterocycles. The van der Waals surface area contributed by atoms with E-state index in [2.05, 4.69) is 16.8 Å². The number of carboxylic acid groups (broad SMARTS) is 1. The van der Waals surface area contributed by atoms with Gasteiger partial charge in [-0.25, -0.2) is 18.4 Å². The van der Waals surface area contributed by atoms with Crippen LogP contribution in [0.2, 0.25) is 0 Å². The molecular weight excluding hydrogens is 400 g/mol. The fraction of sp³-hybridized carbons (Fsp3) is 0. The van der Waals surface area contributed by atoms with E-state index in [1.54, 1.807) is 24.3 Å². The molecule has 0 radical (unpaired) electrons. The Morgan fingerprint density at radius 3 is 2.53 bits per heavy atom. The number of sulfonamides is 1. The Morgan fingerprint density at radius 1 is 0.967 bits per heavy atom. The zero-order valence-electron chi connectivity index (χ0n) is 15.6. The smallest absolute Gasteiger partial charge is 0.336 e. The highest BCUT2D eigenvalue weighted by molar-refractivity contribution is 7.89. The van der Waals surface area contributed by atoms with Crippen LogP contribution in [-0.4, -0.2) is 24.5 Å². The van der Waals surface area contributed by atoms with Gasteiger partial charge < -0.3 is 10.1 Å². The summed E-state index contributed by atoms with van der Waals surface area (Å²) in [6.45, 7) is 0. The fourth-order valence-electron chi connectivity index (χ4n) is 3.24. The number of nitrogens with one attached hydrogen (secondary N) is 1. The predicted octanol–water partition coefficient (Wildman–Crippen LogP) is 3.58. The third kappa shape index (κ3) is 3.82. The molecule has 4 rings (SSSR count). The van der Waals surface area contributed by atoms with E-state index in [-0.39, 0.29) is 10.5 Å². The Balaban J connectivity index is 1.87. The minimum absolute atomic E-state index is 0.0361. The number of carbonyl (C=O) groups is 1. The highest BCUT2D eigenvalue weighted by Crippen LogP contribution is 2.30. The van der Waals surface area contributed by atoms with Crippen molar-refractivity contribution in [2.24, 2.45) is 5.14 Å². The molecule has 1 aromatic heterocycles. The lowest BCUT2D eigenvalue weighted by atomic mass is 9.93. The number of H-pyrrole nitrogens is 1. The maximum absolute atomic E-state index is 11.9. The molecule has 30 heavy (non-hydrogen) atoms. The second-order valence-electron chi connectivity index (χ2n) is 6.64. The summed E-state index contributed by atoms with van der Waals surface area (Å²) in [6.07, 6.45) is 1.82. The number of benzene rings is 3. The zero-order valence-corrected chi connectivity index (χ0v) is 16.4. The van der Waals surface area contributed by atoms with Gasteiger partial charge in [-0.3, -0.25) is 0 Å². The van der Waals surface area contributed by atoms with E-state index in [1.807, 2.05) is 30.5 Å². The molecule has 0 bridgehead atoms. The molecule has 148 valence electrons. The molecule has 1 heterocycles. The molecule has 4 aromatic rings. The fourth-order valence-corrected chi connectivity index (χ4v) is 3.80. The average molecular weight is 416 g/mol. The first-order valence-electron chi connectivity index (χ1n) is 8.91. The van der Waals surface area contributed by atoms with Crippen molar-refractivity contribution >= 4 is 26.9 Å². The zero-order chi connectivity index (χ0) is 21.3. The number of primary sulfonamides is 1. The number of hydrogen-bond acceptors (Lipinski definition) is 3. The van der Waals surface area contributed by atoms with Crippen molar-refractivity contribution in [3.05, 3.63) is 89.6 Å². The minimum atomic E-state index is -3.84. The van der Waals surface area contributed by atoms with Gasteiger partial charge in [-0.05, 0) is 53.4 Å². The van der Waals surface area contributed by atoms with Gasteiger partial charge in [0.1, 0.15) is 0 Å². The molecule has 0 aliphatic rings. The second kappa shape index (κ2) is 7.52. The van der Waals surface area contributed by atoms with Crippen molar-refractivity contribution < 1.29 is 18.3 Å². The Labute approximate surface area is 173 Å². The Hall–Kier alpha value is -3.86. The quantitative estimate of drug-likeness (QED) is 0.443. The predicted molar refractivity (Wildman–Crippen MR) is 114 cm³/mol. The van der Waals surface area contributed by atoms with Crippen LogP contribution in [0, 0.1) is 11.8 Å². The number of rotatable bonds is 3. The van der Waals surface area contributed by atoms with Gasteiger partial charge in [0.2, 0.25) is 10.0 Å². The highest BCUT2D eigenvalue weighted by Gasteiger charge is 2.15. The standard InChI is InChI=1S/C23H16N2O4S/c24-30(28,29)19-5-1-3-15(13-19)7-8-17-4-2-6-20(23(26)27)22(17)18-10-9-16-11-12-25-21(16)14-18/h1-6,9-14,25H,(H,26,27)(H2,24,28,29). The molecule has 3 aromatic carbocycles. The van der Waals surface area contributed by atoms with Gasteiger partial charge in [-0.2, -0.15) is 0 Å². The average Bonchev–Trinajstić information content (AvgIpc) is 3.19. The van der Waals surface area contributed by atoms with E-state index in [0.29, 0.717) is 22.3 Å². The van der Waals surface area contributed by atoms with Crippen molar-refractivity contribution in [1.82, 2.24) is 4.98 Å². The van der Waals surface area contributed by atoms with Gasteiger partial charge in [0.25, 0.3) is 0 Å². The number of aromatic nitrogens is 1. The van der Waals surface area contributed by atoms with Crippen LogP contribution >= 0.6 is 0 Å². The summed E-state index contributed by atoms with van der Waals surface area (Å²) in [5.74, 6) is 4.84. The Morgan fingerprint density at radius 2 is 1.77 bits per heavy atom. The maximum atomic E-state index is 11.9. The van der Waals surface area contributed by atoms with E-state index in [1.165, 1.54) is 18.2 Å². The largest absolute Gasteiger partial charge is 0.478 e. The lowest BCUT2D eigenvalue weighted by Crippen LogP contribution is -2.11. The van der Waals surface area contributed by atoms with Crippen LogP contribution in [0.15, 0.2) is 77.8 Å². The molecule has 6 nitrogen and oxygen atoms in total. The summed E-state index contributed by atoms with van der Waals surface area (Å²) in [6, 6.07) is 18.5. The van der Waals surface area contributed by atoms with E-state index in [4.69, 9.17) is 5.14 Å². The summed E-state index contributed by atoms with van der Waals surface area (Å²) in [4.78, 5) is 14.9. The second-order valence-corrected chi connectivity index (χ2v) is 8.20. The van der Waals surface area contributed by atoms with Crippen LogP contribution in [-0.2, 0) is 10.0 Å². The number of aromatic carboxylic acids is 1. The number of hydrogen-bond donors (Lipinski definition) is 3. The van der Waals surface area contributed by atoms with Crippen molar-refractivity contribution in [1.29, 1.82) is 0 Å². The van der Waals surface area contributed by atoms with Crippen molar-refractivity contribution in [2.75, 3.05) is 0 Å². The lowest BCUT2D eigenvalue weighted by Gasteiger charge is -2.10. The van der Waals surface area contributed by atoms with Crippen LogP contribution in [0.4, 0.5) is 0 Å². The molecule has 0 unspecified atom stereocenters. The van der Waals surface area contributed by atoms with Crippen LogP contribution in [0.25, 0.3) is 22.0 Å². The molecule has 0 fully saturated rings. The van der Waals surface area contributed by atoms with Gasteiger partial charge in [-0.15, -0.1) is 0 Å². The topological polar surface area (TPSA) is 113 Å². The number of aromatic amines is 1. The van der Waals surface area contributed by atoms with E-state index in [9.17, 15) is 18.3 Å². The third-order valence-electron chi connectivity index (χ3n) is 4.64. The van der Waals surface area contributed by atoms with Crippen LogP contribution in [0.5, 0.6) is 0 Å². The summed E-state index contributed by atoms with van der Waals surface area (Å²) < 4.78 is 23.1. The van der Waals surface area contributed by atoms with Crippen molar-refractivity contribution in [3.63, 3.8) is 0 Å². The van der Waals surface area contributed by atoms with Gasteiger partial charge in [-0.1, -0.05) is 36.1 Å². The van der Waals surface area contributed by atoms with E-state index >= 15 is 0 Å². The Bertz CT molecular complexity index is 1460. The molecule has 4 N–H and O–H groups in total. The molecule has 7 heteroatoms. The molecule has 0 aliphatic carbocycles. The van der Waals surface area contributed by atoms with Crippen LogP contribution in [0.3, 0.4) is 0 Å². The summed E-state index contributed by atoms with van der Waals surface area (Å²) >= 11 is 0. The van der Waals surface area contributed by atoms with Crippen molar-refractivity contribution in [3.8, 4) is 23.0 Å². The molecular formula is C23H16N2O4S. The molecule has 0 amide bonds. The summed E-state index contributed by atoms with van der Waals surface area (Å²) in [5.41, 5.74) is 3.19. The highest BCUT2D eigenvalue weighted by atomic mass is 32.2. The van der Waals surface area contributed by atoms with Gasteiger partial charge in [0, 0.05) is 28.4 Å². The number of nitrogens with two attached hydrogens (primary N) is 1. The van der Waals surface area contributed by atoms with Crippen molar-refractivity contribution in [2.45, 2.75) is 4.90 Å². The normalized spacial score (nSPS) is 11.1. The van der Waals surface area contributed by atoms with Crippen LogP contribution < -0.4 is 5.14 Å².